The van der Waals surface area contributed by atoms with Crippen molar-refractivity contribution in [3.05, 3.63) is 56.6 Å². The number of non-ortho nitro benzene ring substituents is 1. The van der Waals surface area contributed by atoms with E-state index >= 15 is 0 Å². The molecule has 2 aromatic rings. The minimum atomic E-state index is -0.429. The Morgan fingerprint density at radius 1 is 0.848 bits per heavy atom. The van der Waals surface area contributed by atoms with Crippen molar-refractivity contribution in [1.82, 2.24) is 0 Å². The Bertz CT molecular complexity index is 779. The minimum Gasteiger partial charge on any atom is -0.496 e. The molecule has 188 valence electrons. The highest BCUT2D eigenvalue weighted by molar-refractivity contribution is 9.69. The van der Waals surface area contributed by atoms with E-state index in [1.54, 1.807) is 19.2 Å². The monoisotopic (exact) mass is 693 g/mol. The fourth-order valence-corrected chi connectivity index (χ4v) is 2.46. The Kier molecular flexibility index (Phi) is 24.7. The number of alkyl halides is 2. The van der Waals surface area contributed by atoms with Crippen LogP contribution >= 0.6 is 70.5 Å². The van der Waals surface area contributed by atoms with Gasteiger partial charge in [0.2, 0.25) is 0 Å². The van der Waals surface area contributed by atoms with E-state index in [9.17, 15) is 10.1 Å². The predicted octanol–water partition coefficient (Wildman–Crippen LogP) is 10.3. The summed E-state index contributed by atoms with van der Waals surface area (Å²) < 4.78 is 11.7. The summed E-state index contributed by atoms with van der Waals surface area (Å²) in [6, 6.07) is 6.07. The molecule has 0 saturated heterocycles. The zero-order valence-electron chi connectivity index (χ0n) is 20.6. The van der Waals surface area contributed by atoms with Crippen molar-refractivity contribution in [2.24, 2.45) is 0 Å². The van der Waals surface area contributed by atoms with Crippen molar-refractivity contribution < 1.29 is 14.4 Å². The number of hydrogen-bond donors (Lipinski definition) is 0. The summed E-state index contributed by atoms with van der Waals surface area (Å²) in [6.45, 7) is 15.9. The van der Waals surface area contributed by atoms with Gasteiger partial charge >= 0.3 is 3.18 Å². The molecule has 0 heterocycles. The quantitative estimate of drug-likeness (QED) is 0.138. The number of nitrogens with zero attached hydrogens (tertiary/aromatic N) is 1. The van der Waals surface area contributed by atoms with Gasteiger partial charge in [0.1, 0.15) is 17.2 Å². The first-order valence-corrected chi connectivity index (χ1v) is 13.9. The topological polar surface area (TPSA) is 61.6 Å². The highest BCUT2D eigenvalue weighted by Crippen LogP contribution is 2.39. The lowest BCUT2D eigenvalue weighted by Crippen LogP contribution is -2.01. The number of benzene rings is 2. The van der Waals surface area contributed by atoms with Crippen LogP contribution < -0.4 is 9.47 Å². The first kappa shape index (κ1) is 37.1. The number of hydrogen-bond acceptors (Lipinski definition) is 4. The van der Waals surface area contributed by atoms with Gasteiger partial charge in [-0.25, -0.2) is 0 Å². The minimum absolute atomic E-state index is 0.0443. The summed E-state index contributed by atoms with van der Waals surface area (Å²) in [4.78, 5) is 10.3. The third kappa shape index (κ3) is 14.5. The number of methoxy groups -OCH3 is 1. The first-order chi connectivity index (χ1) is 15.5. The maximum absolute atomic E-state index is 10.7. The van der Waals surface area contributed by atoms with Crippen LogP contribution in [0.15, 0.2) is 24.3 Å². The molecular formula is C22H33BBr3Cl2NO4. The first-order valence-electron chi connectivity index (χ1n) is 10.1. The van der Waals surface area contributed by atoms with Crippen molar-refractivity contribution in [3.63, 3.8) is 0 Å². The van der Waals surface area contributed by atoms with Gasteiger partial charge in [-0.05, 0) is 62.1 Å². The van der Waals surface area contributed by atoms with E-state index in [1.165, 1.54) is 12.1 Å². The van der Waals surface area contributed by atoms with Crippen LogP contribution in [0.3, 0.4) is 0 Å². The highest BCUT2D eigenvalue weighted by atomic mass is 79.9. The standard InChI is InChI=1S/C17H19NO4.2C2H6.CH2Cl2.BBr3/c1-10-12(3)17(13(4)11(2)16(10)21-5)22-15-8-6-14(7-9-15)18(19)20;2*1-2;2-1-3;2-1(3)4/h6-9H,1-5H3;2*1-2H3;1H2;. The average Bonchev–Trinajstić information content (AvgIpc) is 2.79. The number of halogens is 5. The van der Waals surface area contributed by atoms with Crippen molar-refractivity contribution >= 4 is 79.3 Å². The number of nitro groups is 1. The van der Waals surface area contributed by atoms with E-state index in [1.807, 2.05) is 55.4 Å². The average molecular weight is 697 g/mol. The molecule has 0 aliphatic rings. The van der Waals surface area contributed by atoms with Gasteiger partial charge in [-0.15, -0.1) is 70.5 Å². The lowest BCUT2D eigenvalue weighted by Gasteiger charge is -2.19. The molecule has 0 N–H and O–H groups in total. The van der Waals surface area contributed by atoms with Crippen LogP contribution in [0.1, 0.15) is 49.9 Å². The van der Waals surface area contributed by atoms with E-state index in [4.69, 9.17) is 32.7 Å². The number of rotatable bonds is 4. The lowest BCUT2D eigenvalue weighted by molar-refractivity contribution is -0.384. The Hall–Kier alpha value is -0.475. The molecule has 0 aromatic heterocycles. The molecule has 2 aromatic carbocycles. The Morgan fingerprint density at radius 2 is 1.15 bits per heavy atom. The molecule has 0 spiro atoms. The van der Waals surface area contributed by atoms with Crippen molar-refractivity contribution in [3.8, 4) is 17.2 Å². The van der Waals surface area contributed by atoms with Gasteiger partial charge in [0, 0.05) is 12.1 Å². The van der Waals surface area contributed by atoms with E-state index in [-0.39, 0.29) is 14.2 Å². The van der Waals surface area contributed by atoms with Crippen molar-refractivity contribution in [2.75, 3.05) is 12.4 Å². The molecule has 0 aliphatic carbocycles. The van der Waals surface area contributed by atoms with Crippen LogP contribution in [-0.4, -0.2) is 20.6 Å². The third-order valence-corrected chi connectivity index (χ3v) is 3.96. The van der Waals surface area contributed by atoms with E-state index in [2.05, 4.69) is 47.3 Å². The number of nitro benzene ring substituents is 1. The van der Waals surface area contributed by atoms with Crippen molar-refractivity contribution in [2.45, 2.75) is 55.4 Å². The molecule has 0 saturated carbocycles. The number of ether oxygens (including phenoxy) is 2. The van der Waals surface area contributed by atoms with Gasteiger partial charge in [0.05, 0.1) is 17.4 Å². The molecule has 5 nitrogen and oxygen atoms in total. The zero-order valence-corrected chi connectivity index (χ0v) is 26.8. The summed E-state index contributed by atoms with van der Waals surface area (Å²) in [7, 11) is 1.66. The summed E-state index contributed by atoms with van der Waals surface area (Å²) in [5, 5.41) is 10.9. The Morgan fingerprint density at radius 3 is 1.42 bits per heavy atom. The Labute approximate surface area is 234 Å². The van der Waals surface area contributed by atoms with Crippen LogP contribution in [0.5, 0.6) is 17.2 Å². The second-order valence-electron chi connectivity index (χ2n) is 5.56. The van der Waals surface area contributed by atoms with Crippen LogP contribution in [0.2, 0.25) is 0 Å². The maximum Gasteiger partial charge on any atom is 0.369 e. The zero-order chi connectivity index (χ0) is 26.7. The molecule has 0 radical (unpaired) electrons. The van der Waals surface area contributed by atoms with Gasteiger partial charge in [0.15, 0.2) is 0 Å². The molecule has 0 fully saturated rings. The summed E-state index contributed by atoms with van der Waals surface area (Å²) in [5.74, 6) is 2.21. The van der Waals surface area contributed by atoms with Crippen LogP contribution in [-0.2, 0) is 0 Å². The van der Waals surface area contributed by atoms with Gasteiger partial charge < -0.3 is 9.47 Å². The predicted molar refractivity (Wildman–Crippen MR) is 157 cm³/mol. The lowest BCUT2D eigenvalue weighted by atomic mass is 9.98. The molecule has 0 bridgehead atoms. The fraction of sp³-hybridized carbons (Fsp3) is 0.455. The van der Waals surface area contributed by atoms with Gasteiger partial charge in [-0.2, -0.15) is 0 Å². The highest BCUT2D eigenvalue weighted by Gasteiger charge is 2.17. The Balaban J connectivity index is -0.000000698. The summed E-state index contributed by atoms with van der Waals surface area (Å²) in [6.07, 6.45) is 0. The molecule has 0 aliphatic heterocycles. The van der Waals surface area contributed by atoms with E-state index in [0.717, 1.165) is 33.8 Å². The SMILES string of the molecule is BrB(Br)Br.CC.CC.COc1c(C)c(C)c(Oc2ccc([N+](=O)[O-])cc2)c(C)c1C.ClCCl. The smallest absolute Gasteiger partial charge is 0.369 e. The molecule has 33 heavy (non-hydrogen) atoms. The van der Waals surface area contributed by atoms with E-state index in [0.29, 0.717) is 5.75 Å². The molecule has 0 unspecified atom stereocenters. The van der Waals surface area contributed by atoms with E-state index < -0.39 is 4.92 Å². The summed E-state index contributed by atoms with van der Waals surface area (Å²) in [5.41, 5.74) is 4.10. The molecule has 0 atom stereocenters. The van der Waals surface area contributed by atoms with Crippen LogP contribution in [0, 0.1) is 37.8 Å². The second kappa shape index (κ2) is 22.0. The largest absolute Gasteiger partial charge is 0.496 e. The molecule has 11 heteroatoms. The van der Waals surface area contributed by atoms with Crippen molar-refractivity contribution in [1.29, 1.82) is 0 Å². The van der Waals surface area contributed by atoms with Crippen LogP contribution in [0.25, 0.3) is 0 Å². The second-order valence-corrected chi connectivity index (χ2v) is 12.8. The maximum atomic E-state index is 10.7. The van der Waals surface area contributed by atoms with Gasteiger partial charge in [-0.3, -0.25) is 10.1 Å². The molecule has 0 amide bonds. The fourth-order valence-electron chi connectivity index (χ4n) is 2.46. The van der Waals surface area contributed by atoms with Gasteiger partial charge in [0.25, 0.3) is 5.69 Å². The third-order valence-electron chi connectivity index (χ3n) is 3.96. The summed E-state index contributed by atoms with van der Waals surface area (Å²) >= 11 is 18.8. The molecular weight excluding hydrogens is 664 g/mol. The normalized spacial score (nSPS) is 8.67. The van der Waals surface area contributed by atoms with Gasteiger partial charge in [-0.1, -0.05) is 27.7 Å². The van der Waals surface area contributed by atoms with Crippen LogP contribution in [0.4, 0.5) is 5.69 Å². The molecule has 2 rings (SSSR count).